The lowest BCUT2D eigenvalue weighted by Gasteiger charge is -2.12. The number of hydrogen-bond donors (Lipinski definition) is 2. The van der Waals surface area contributed by atoms with Crippen molar-refractivity contribution in [1.29, 1.82) is 0 Å². The van der Waals surface area contributed by atoms with E-state index in [1.54, 1.807) is 0 Å². The molecular weight excluding hydrogens is 396 g/mol. The molecule has 1 aliphatic heterocycles. The third kappa shape index (κ3) is 3.25. The number of ether oxygens (including phenoxy) is 1. The predicted molar refractivity (Wildman–Crippen MR) is 128 cm³/mol. The maximum Gasteiger partial charge on any atom is 0.129 e. The second kappa shape index (κ2) is 7.23. The lowest BCUT2D eigenvalue weighted by Crippen LogP contribution is -2.02. The smallest absolute Gasteiger partial charge is 0.129 e. The van der Waals surface area contributed by atoms with Crippen molar-refractivity contribution >= 4 is 21.8 Å². The van der Waals surface area contributed by atoms with Crippen molar-refractivity contribution in [3.05, 3.63) is 77.0 Å². The van der Waals surface area contributed by atoms with E-state index in [-0.39, 0.29) is 0 Å². The summed E-state index contributed by atoms with van der Waals surface area (Å²) in [5, 5.41) is 2.46. The topological polar surface area (TPSA) is 66.6 Å². The van der Waals surface area contributed by atoms with Crippen LogP contribution < -0.4 is 4.74 Å². The first-order valence-corrected chi connectivity index (χ1v) is 11.2. The van der Waals surface area contributed by atoms with Gasteiger partial charge in [-0.15, -0.1) is 0 Å². The maximum atomic E-state index is 5.97. The molecule has 0 spiro atoms. The van der Waals surface area contributed by atoms with E-state index in [1.165, 1.54) is 27.6 Å². The van der Waals surface area contributed by atoms with Gasteiger partial charge in [-0.1, -0.05) is 31.2 Å². The summed E-state index contributed by atoms with van der Waals surface area (Å²) in [6.45, 7) is 7.03. The lowest BCUT2D eigenvalue weighted by molar-refractivity contribution is 0.325. The molecule has 1 atom stereocenters. The molecule has 1 unspecified atom stereocenters. The van der Waals surface area contributed by atoms with Crippen molar-refractivity contribution < 1.29 is 4.74 Å². The summed E-state index contributed by atoms with van der Waals surface area (Å²) in [6, 6.07) is 17.5. The summed E-state index contributed by atoms with van der Waals surface area (Å²) >= 11 is 0. The zero-order valence-corrected chi connectivity index (χ0v) is 18.6. The van der Waals surface area contributed by atoms with Gasteiger partial charge in [0.2, 0.25) is 0 Å². The molecule has 2 N–H and O–H groups in total. The number of imidazole rings is 2. The van der Waals surface area contributed by atoms with Crippen molar-refractivity contribution in [1.82, 2.24) is 19.9 Å². The van der Waals surface area contributed by atoms with E-state index < -0.39 is 0 Å². The minimum Gasteiger partial charge on any atom is -0.492 e. The third-order valence-electron chi connectivity index (χ3n) is 6.48. The fraction of sp³-hybridized carbons (Fsp3) is 0.259. The van der Waals surface area contributed by atoms with Crippen LogP contribution in [0.15, 0.2) is 48.5 Å². The van der Waals surface area contributed by atoms with Crippen molar-refractivity contribution in [3.63, 3.8) is 0 Å². The molecule has 0 fully saturated rings. The Morgan fingerprint density at radius 2 is 1.88 bits per heavy atom. The Morgan fingerprint density at radius 1 is 0.969 bits per heavy atom. The first-order valence-electron chi connectivity index (χ1n) is 11.2. The van der Waals surface area contributed by atoms with Gasteiger partial charge in [0.25, 0.3) is 0 Å². The number of nitrogens with zero attached hydrogens (tertiary/aromatic N) is 2. The van der Waals surface area contributed by atoms with E-state index in [1.807, 2.05) is 6.92 Å². The summed E-state index contributed by atoms with van der Waals surface area (Å²) in [7, 11) is 0. The van der Waals surface area contributed by atoms with E-state index in [2.05, 4.69) is 77.3 Å². The molecule has 6 rings (SSSR count). The second-order valence-electron chi connectivity index (χ2n) is 9.01. The Morgan fingerprint density at radius 3 is 2.78 bits per heavy atom. The first-order chi connectivity index (χ1) is 15.5. The Balaban J connectivity index is 1.31. The van der Waals surface area contributed by atoms with Crippen LogP contribution >= 0.6 is 0 Å². The number of H-pyrrole nitrogens is 2. The van der Waals surface area contributed by atoms with E-state index in [0.717, 1.165) is 52.5 Å². The van der Waals surface area contributed by atoms with Gasteiger partial charge in [0.05, 0.1) is 23.3 Å². The standard InChI is InChI=1S/C27H26N4O/c1-15-4-7-21-25(10-15)32-9-8-22-27(21)31-26(30-22)11-16(2)18-5-6-19-13-23-24(14-20(19)12-18)29-17(3)28-23/h4-7,10,12-14,16H,8-9,11H2,1-3H3,(H,28,29)(H,30,31). The number of aromatic nitrogens is 4. The van der Waals surface area contributed by atoms with E-state index in [9.17, 15) is 0 Å². The van der Waals surface area contributed by atoms with Gasteiger partial charge >= 0.3 is 0 Å². The van der Waals surface area contributed by atoms with Gasteiger partial charge in [-0.2, -0.15) is 0 Å². The Kier molecular flexibility index (Phi) is 4.32. The molecule has 5 nitrogen and oxygen atoms in total. The summed E-state index contributed by atoms with van der Waals surface area (Å²) < 4.78 is 5.97. The minimum atomic E-state index is 0.349. The molecule has 0 amide bonds. The average molecular weight is 423 g/mol. The van der Waals surface area contributed by atoms with Crippen LogP contribution in [-0.4, -0.2) is 26.5 Å². The van der Waals surface area contributed by atoms with Crippen LogP contribution in [0.4, 0.5) is 0 Å². The van der Waals surface area contributed by atoms with Crippen LogP contribution in [0.5, 0.6) is 5.75 Å². The van der Waals surface area contributed by atoms with Crippen LogP contribution in [0.25, 0.3) is 33.1 Å². The van der Waals surface area contributed by atoms with Crippen LogP contribution in [-0.2, 0) is 12.8 Å². The highest BCUT2D eigenvalue weighted by molar-refractivity contribution is 5.95. The van der Waals surface area contributed by atoms with Crippen LogP contribution in [0.1, 0.15) is 41.3 Å². The zero-order valence-electron chi connectivity index (χ0n) is 18.6. The fourth-order valence-corrected chi connectivity index (χ4v) is 4.79. The Hall–Kier alpha value is -3.60. The van der Waals surface area contributed by atoms with Crippen molar-refractivity contribution in [2.75, 3.05) is 6.61 Å². The number of aromatic amines is 2. The number of hydrogen-bond acceptors (Lipinski definition) is 3. The second-order valence-corrected chi connectivity index (χ2v) is 9.01. The highest BCUT2D eigenvalue weighted by Gasteiger charge is 2.21. The number of nitrogens with one attached hydrogen (secondary N) is 2. The third-order valence-corrected chi connectivity index (χ3v) is 6.48. The van der Waals surface area contributed by atoms with Crippen LogP contribution in [0.2, 0.25) is 0 Å². The monoisotopic (exact) mass is 422 g/mol. The van der Waals surface area contributed by atoms with E-state index in [4.69, 9.17) is 9.72 Å². The van der Waals surface area contributed by atoms with Gasteiger partial charge < -0.3 is 14.7 Å². The van der Waals surface area contributed by atoms with E-state index >= 15 is 0 Å². The molecule has 160 valence electrons. The van der Waals surface area contributed by atoms with Gasteiger partial charge in [-0.25, -0.2) is 9.97 Å². The normalized spacial score (nSPS) is 14.1. The molecule has 0 aliphatic carbocycles. The number of fused-ring (bicyclic) bond motifs is 5. The summed E-state index contributed by atoms with van der Waals surface area (Å²) in [5.74, 6) is 3.27. The Bertz CT molecular complexity index is 1480. The van der Waals surface area contributed by atoms with Gasteiger partial charge in [0.1, 0.15) is 17.4 Å². The zero-order chi connectivity index (χ0) is 21.8. The minimum absolute atomic E-state index is 0.349. The van der Waals surface area contributed by atoms with Crippen molar-refractivity contribution in [3.8, 4) is 17.0 Å². The molecule has 0 bridgehead atoms. The SMILES string of the molecule is Cc1ccc2c(c1)OCCc1[nH]c(CC(C)c3ccc4cc5nc(C)[nH]c5cc4c3)nc1-2. The highest BCUT2D eigenvalue weighted by atomic mass is 16.5. The van der Waals surface area contributed by atoms with Crippen LogP contribution in [0.3, 0.4) is 0 Å². The molecule has 5 aromatic rings. The van der Waals surface area contributed by atoms with Gasteiger partial charge in [0.15, 0.2) is 0 Å². The number of aryl methyl sites for hydroxylation is 2. The quantitative estimate of drug-likeness (QED) is 0.374. The van der Waals surface area contributed by atoms with E-state index in [0.29, 0.717) is 12.5 Å². The molecule has 3 aromatic carbocycles. The van der Waals surface area contributed by atoms with Crippen LogP contribution in [0, 0.1) is 13.8 Å². The Labute approximate surface area is 186 Å². The highest BCUT2D eigenvalue weighted by Crippen LogP contribution is 2.35. The first kappa shape index (κ1) is 19.1. The lowest BCUT2D eigenvalue weighted by atomic mass is 9.95. The van der Waals surface area contributed by atoms with Gasteiger partial charge in [-0.3, -0.25) is 0 Å². The molecule has 3 heterocycles. The van der Waals surface area contributed by atoms with Gasteiger partial charge in [-0.05, 0) is 65.9 Å². The van der Waals surface area contributed by atoms with Gasteiger partial charge in [0, 0.05) is 24.1 Å². The summed E-state index contributed by atoms with van der Waals surface area (Å²) in [4.78, 5) is 16.5. The molecule has 1 aliphatic rings. The summed E-state index contributed by atoms with van der Waals surface area (Å²) in [6.07, 6.45) is 1.71. The van der Waals surface area contributed by atoms with Crippen molar-refractivity contribution in [2.45, 2.75) is 39.5 Å². The molecule has 0 radical (unpaired) electrons. The molecule has 2 aromatic heterocycles. The predicted octanol–water partition coefficient (Wildman–Crippen LogP) is 6.00. The molecular formula is C27H26N4O. The largest absolute Gasteiger partial charge is 0.492 e. The fourth-order valence-electron chi connectivity index (χ4n) is 4.79. The maximum absolute atomic E-state index is 5.97. The molecule has 5 heteroatoms. The van der Waals surface area contributed by atoms with Crippen molar-refractivity contribution in [2.24, 2.45) is 0 Å². The molecule has 0 saturated carbocycles. The average Bonchev–Trinajstić information content (AvgIpc) is 3.28. The number of benzene rings is 3. The number of rotatable bonds is 3. The molecule has 0 saturated heterocycles. The summed E-state index contributed by atoms with van der Waals surface area (Å²) in [5.41, 5.74) is 7.93. The molecule has 32 heavy (non-hydrogen) atoms.